The lowest BCUT2D eigenvalue weighted by atomic mass is 10.3. The number of nitrogens with two attached hydrogens (primary N) is 1. The van der Waals surface area contributed by atoms with Gasteiger partial charge in [-0.1, -0.05) is 12.0 Å². The lowest BCUT2D eigenvalue weighted by molar-refractivity contribution is 0.102. The van der Waals surface area contributed by atoms with Crippen molar-refractivity contribution >= 4 is 39.0 Å². The van der Waals surface area contributed by atoms with Crippen LogP contribution in [0.4, 0.5) is 5.82 Å². The van der Waals surface area contributed by atoms with E-state index in [-0.39, 0.29) is 12.5 Å². The number of hydrogen-bond donors (Lipinski definition) is 2. The van der Waals surface area contributed by atoms with Gasteiger partial charge in [0.1, 0.15) is 11.5 Å². The van der Waals surface area contributed by atoms with Gasteiger partial charge in [-0.3, -0.25) is 4.79 Å². The van der Waals surface area contributed by atoms with Crippen LogP contribution in [0.25, 0.3) is 0 Å². The predicted molar refractivity (Wildman–Crippen MR) is 80.1 cm³/mol. The maximum atomic E-state index is 11.9. The van der Waals surface area contributed by atoms with E-state index in [1.54, 1.807) is 29.6 Å². The van der Waals surface area contributed by atoms with Gasteiger partial charge in [0.25, 0.3) is 5.91 Å². The first-order valence-corrected chi connectivity index (χ1v) is 7.07. The Hall–Kier alpha value is -1.68. The molecule has 96 valence electrons. The molecule has 19 heavy (non-hydrogen) atoms. The Morgan fingerprint density at radius 2 is 2.37 bits per heavy atom. The molecule has 0 aliphatic carbocycles. The number of nitrogens with zero attached hydrogens (tertiary/aromatic N) is 1. The molecule has 4 nitrogen and oxygen atoms in total. The lowest BCUT2D eigenvalue weighted by Crippen LogP contribution is -2.12. The fourth-order valence-electron chi connectivity index (χ4n) is 1.33. The Morgan fingerprint density at radius 1 is 1.53 bits per heavy atom. The molecular formula is C13H10BrN3OS. The molecule has 0 aliphatic heterocycles. The van der Waals surface area contributed by atoms with Crippen molar-refractivity contribution in [2.75, 3.05) is 11.9 Å². The van der Waals surface area contributed by atoms with Crippen LogP contribution in [0.1, 0.15) is 16.1 Å². The number of anilines is 1. The van der Waals surface area contributed by atoms with Crippen LogP contribution in [0, 0.1) is 11.8 Å². The minimum absolute atomic E-state index is 0.196. The average molecular weight is 336 g/mol. The SMILES string of the molecule is NCC#Cc1cccc(NC(=O)c2csc(Br)c2)n1. The number of amides is 1. The second-order valence-corrected chi connectivity index (χ2v) is 5.80. The van der Waals surface area contributed by atoms with Crippen LogP contribution in [0.3, 0.4) is 0 Å². The van der Waals surface area contributed by atoms with Crippen LogP contribution in [-0.2, 0) is 0 Å². The minimum Gasteiger partial charge on any atom is -0.320 e. The van der Waals surface area contributed by atoms with Gasteiger partial charge in [0.05, 0.1) is 15.9 Å². The molecule has 6 heteroatoms. The summed E-state index contributed by atoms with van der Waals surface area (Å²) in [6, 6.07) is 7.02. The molecular weight excluding hydrogens is 326 g/mol. The highest BCUT2D eigenvalue weighted by atomic mass is 79.9. The van der Waals surface area contributed by atoms with Gasteiger partial charge in [-0.15, -0.1) is 11.3 Å². The number of thiophene rings is 1. The van der Waals surface area contributed by atoms with E-state index in [4.69, 9.17) is 5.73 Å². The first-order valence-electron chi connectivity index (χ1n) is 5.40. The molecule has 0 atom stereocenters. The first-order chi connectivity index (χ1) is 9.19. The Balaban J connectivity index is 2.13. The smallest absolute Gasteiger partial charge is 0.257 e. The molecule has 2 heterocycles. The van der Waals surface area contributed by atoms with E-state index < -0.39 is 0 Å². The molecule has 2 aromatic rings. The second-order valence-electron chi connectivity index (χ2n) is 3.51. The molecule has 1 amide bonds. The van der Waals surface area contributed by atoms with Gasteiger partial charge >= 0.3 is 0 Å². The monoisotopic (exact) mass is 335 g/mol. The summed E-state index contributed by atoms with van der Waals surface area (Å²) in [5, 5.41) is 4.50. The number of halogens is 1. The summed E-state index contributed by atoms with van der Waals surface area (Å²) in [5.74, 6) is 5.81. The van der Waals surface area contributed by atoms with Crippen LogP contribution >= 0.6 is 27.3 Å². The third kappa shape index (κ3) is 3.89. The largest absolute Gasteiger partial charge is 0.320 e. The molecule has 0 saturated heterocycles. The molecule has 0 fully saturated rings. The van der Waals surface area contributed by atoms with E-state index in [0.29, 0.717) is 17.1 Å². The van der Waals surface area contributed by atoms with Gasteiger partial charge in [0.2, 0.25) is 0 Å². The van der Waals surface area contributed by atoms with Crippen molar-refractivity contribution in [3.63, 3.8) is 0 Å². The summed E-state index contributed by atoms with van der Waals surface area (Å²) in [5.41, 5.74) is 6.47. The summed E-state index contributed by atoms with van der Waals surface area (Å²) in [6.07, 6.45) is 0. The van der Waals surface area contributed by atoms with Gasteiger partial charge in [-0.25, -0.2) is 4.98 Å². The van der Waals surface area contributed by atoms with E-state index >= 15 is 0 Å². The summed E-state index contributed by atoms with van der Waals surface area (Å²) >= 11 is 4.78. The minimum atomic E-state index is -0.196. The number of pyridine rings is 1. The third-order valence-corrected chi connectivity index (χ3v) is 3.64. The van der Waals surface area contributed by atoms with E-state index in [9.17, 15) is 4.79 Å². The van der Waals surface area contributed by atoms with Gasteiger partial charge in [0.15, 0.2) is 0 Å². The zero-order valence-corrected chi connectivity index (χ0v) is 12.2. The normalized spacial score (nSPS) is 9.58. The maximum Gasteiger partial charge on any atom is 0.257 e. The zero-order valence-electron chi connectivity index (χ0n) is 9.81. The van der Waals surface area contributed by atoms with E-state index in [1.165, 1.54) is 11.3 Å². The van der Waals surface area contributed by atoms with Gasteiger partial charge in [-0.05, 0) is 40.0 Å². The number of nitrogens with one attached hydrogen (secondary N) is 1. The average Bonchev–Trinajstić information content (AvgIpc) is 2.83. The van der Waals surface area contributed by atoms with Crippen molar-refractivity contribution in [2.24, 2.45) is 5.73 Å². The molecule has 0 saturated carbocycles. The molecule has 2 aromatic heterocycles. The quantitative estimate of drug-likeness (QED) is 0.828. The van der Waals surface area contributed by atoms with Crippen molar-refractivity contribution in [1.29, 1.82) is 0 Å². The van der Waals surface area contributed by atoms with Gasteiger partial charge in [0, 0.05) is 5.38 Å². The fourth-order valence-corrected chi connectivity index (χ4v) is 2.47. The highest BCUT2D eigenvalue weighted by Crippen LogP contribution is 2.21. The van der Waals surface area contributed by atoms with Crippen LogP contribution < -0.4 is 11.1 Å². The van der Waals surface area contributed by atoms with E-state index in [1.807, 2.05) is 0 Å². The Kier molecular flexibility index (Phi) is 4.68. The molecule has 3 N–H and O–H groups in total. The van der Waals surface area contributed by atoms with Gasteiger partial charge in [-0.2, -0.15) is 0 Å². The molecule has 0 radical (unpaired) electrons. The third-order valence-electron chi connectivity index (χ3n) is 2.14. The number of hydrogen-bond acceptors (Lipinski definition) is 4. The van der Waals surface area contributed by atoms with Crippen molar-refractivity contribution in [3.05, 3.63) is 44.7 Å². The maximum absolute atomic E-state index is 11.9. The van der Waals surface area contributed by atoms with E-state index in [2.05, 4.69) is 38.1 Å². The number of carbonyl (C=O) groups excluding carboxylic acids is 1. The van der Waals surface area contributed by atoms with Crippen LogP contribution in [-0.4, -0.2) is 17.4 Å². The molecule has 2 rings (SSSR count). The van der Waals surface area contributed by atoms with Crippen LogP contribution in [0.2, 0.25) is 0 Å². The summed E-state index contributed by atoms with van der Waals surface area (Å²) < 4.78 is 0.910. The van der Waals surface area contributed by atoms with Crippen molar-refractivity contribution in [2.45, 2.75) is 0 Å². The highest BCUT2D eigenvalue weighted by molar-refractivity contribution is 9.11. The van der Waals surface area contributed by atoms with Crippen molar-refractivity contribution in [3.8, 4) is 11.8 Å². The predicted octanol–water partition coefficient (Wildman–Crippen LogP) is 2.47. The molecule has 0 aromatic carbocycles. The van der Waals surface area contributed by atoms with Gasteiger partial charge < -0.3 is 11.1 Å². The van der Waals surface area contributed by atoms with Crippen LogP contribution in [0.5, 0.6) is 0 Å². The number of carbonyl (C=O) groups is 1. The Bertz CT molecular complexity index is 657. The van der Waals surface area contributed by atoms with Crippen molar-refractivity contribution < 1.29 is 4.79 Å². The number of rotatable bonds is 2. The Morgan fingerprint density at radius 3 is 3.05 bits per heavy atom. The summed E-state index contributed by atoms with van der Waals surface area (Å²) in [6.45, 7) is 0.279. The Labute approximate surface area is 123 Å². The first kappa shape index (κ1) is 13.7. The van der Waals surface area contributed by atoms with Crippen LogP contribution in [0.15, 0.2) is 33.4 Å². The highest BCUT2D eigenvalue weighted by Gasteiger charge is 2.08. The summed E-state index contributed by atoms with van der Waals surface area (Å²) in [4.78, 5) is 16.1. The zero-order chi connectivity index (χ0) is 13.7. The van der Waals surface area contributed by atoms with E-state index in [0.717, 1.165) is 3.79 Å². The molecule has 0 unspecified atom stereocenters. The summed E-state index contributed by atoms with van der Waals surface area (Å²) in [7, 11) is 0. The number of aromatic nitrogens is 1. The second kappa shape index (κ2) is 6.48. The topological polar surface area (TPSA) is 68.0 Å². The van der Waals surface area contributed by atoms with Crippen molar-refractivity contribution in [1.82, 2.24) is 4.98 Å². The standard InChI is InChI=1S/C13H10BrN3OS/c14-11-7-9(8-19-11)13(18)17-12-5-1-3-10(16-12)4-2-6-15/h1,3,5,7-8H,6,15H2,(H,16,17,18). The fraction of sp³-hybridized carbons (Fsp3) is 0.0769. The lowest BCUT2D eigenvalue weighted by Gasteiger charge is -2.02. The molecule has 0 bridgehead atoms. The molecule has 0 spiro atoms. The molecule has 0 aliphatic rings.